The van der Waals surface area contributed by atoms with Crippen LogP contribution in [0.3, 0.4) is 0 Å². The normalized spacial score (nSPS) is 10.6. The highest BCUT2D eigenvalue weighted by atomic mass is 15.6. The molecule has 5 heteroatoms. The Balaban J connectivity index is 1.84. The van der Waals surface area contributed by atoms with E-state index in [1.54, 1.807) is 7.05 Å². The van der Waals surface area contributed by atoms with Gasteiger partial charge in [-0.05, 0) is 17.7 Å². The van der Waals surface area contributed by atoms with E-state index in [-0.39, 0.29) is 0 Å². The lowest BCUT2D eigenvalue weighted by molar-refractivity contribution is 0.619. The van der Waals surface area contributed by atoms with Crippen molar-refractivity contribution in [2.45, 2.75) is 20.0 Å². The number of nitrogens with zero attached hydrogens (tertiary/aromatic N) is 4. The van der Waals surface area contributed by atoms with Crippen molar-refractivity contribution in [3.63, 3.8) is 0 Å². The summed E-state index contributed by atoms with van der Waals surface area (Å²) in [6.07, 6.45) is 0. The number of nitrogens with one attached hydrogen (secondary N) is 1. The maximum absolute atomic E-state index is 4.09. The van der Waals surface area contributed by atoms with Gasteiger partial charge in [0.1, 0.15) is 0 Å². The van der Waals surface area contributed by atoms with Crippen molar-refractivity contribution >= 4 is 0 Å². The quantitative estimate of drug-likeness (QED) is 0.823. The SMILES string of the molecule is Cc1cccc(CNCc2nnn(C)n2)c1. The molecule has 16 heavy (non-hydrogen) atoms. The van der Waals surface area contributed by atoms with Gasteiger partial charge in [0.25, 0.3) is 0 Å². The molecule has 1 aromatic carbocycles. The summed E-state index contributed by atoms with van der Waals surface area (Å²) in [5.74, 6) is 0.718. The topological polar surface area (TPSA) is 55.6 Å². The highest BCUT2D eigenvalue weighted by Crippen LogP contribution is 2.03. The maximum Gasteiger partial charge on any atom is 0.188 e. The van der Waals surface area contributed by atoms with Crippen LogP contribution in [0.1, 0.15) is 17.0 Å². The number of rotatable bonds is 4. The third kappa shape index (κ3) is 2.87. The van der Waals surface area contributed by atoms with Crippen molar-refractivity contribution in [2.24, 2.45) is 7.05 Å². The molecular formula is C11H15N5. The second kappa shape index (κ2) is 4.85. The van der Waals surface area contributed by atoms with Gasteiger partial charge in [0, 0.05) is 6.54 Å². The highest BCUT2D eigenvalue weighted by Gasteiger charge is 1.99. The van der Waals surface area contributed by atoms with Gasteiger partial charge >= 0.3 is 0 Å². The Kier molecular flexibility index (Phi) is 3.26. The van der Waals surface area contributed by atoms with Gasteiger partial charge in [-0.1, -0.05) is 29.8 Å². The molecule has 1 N–H and O–H groups in total. The summed E-state index contributed by atoms with van der Waals surface area (Å²) in [4.78, 5) is 1.46. The zero-order valence-electron chi connectivity index (χ0n) is 9.51. The summed E-state index contributed by atoms with van der Waals surface area (Å²) >= 11 is 0. The lowest BCUT2D eigenvalue weighted by Crippen LogP contribution is -2.14. The molecule has 0 saturated heterocycles. The fraction of sp³-hybridized carbons (Fsp3) is 0.364. The zero-order chi connectivity index (χ0) is 11.4. The Bertz CT molecular complexity index is 463. The molecule has 0 radical (unpaired) electrons. The predicted molar refractivity (Wildman–Crippen MR) is 60.5 cm³/mol. The van der Waals surface area contributed by atoms with E-state index in [9.17, 15) is 0 Å². The van der Waals surface area contributed by atoms with Crippen LogP contribution in [0.25, 0.3) is 0 Å². The Hall–Kier alpha value is -1.75. The van der Waals surface area contributed by atoms with E-state index < -0.39 is 0 Å². The molecular weight excluding hydrogens is 202 g/mol. The number of benzene rings is 1. The van der Waals surface area contributed by atoms with E-state index in [4.69, 9.17) is 0 Å². The van der Waals surface area contributed by atoms with Crippen LogP contribution in [0, 0.1) is 6.92 Å². The van der Waals surface area contributed by atoms with E-state index >= 15 is 0 Å². The molecule has 0 unspecified atom stereocenters. The second-order valence-electron chi connectivity index (χ2n) is 3.79. The van der Waals surface area contributed by atoms with Gasteiger partial charge in [-0.25, -0.2) is 0 Å². The minimum absolute atomic E-state index is 0.641. The third-order valence-corrected chi connectivity index (χ3v) is 2.24. The minimum Gasteiger partial charge on any atom is -0.306 e. The average Bonchev–Trinajstić information content (AvgIpc) is 2.64. The molecule has 0 saturated carbocycles. The van der Waals surface area contributed by atoms with Crippen molar-refractivity contribution in [3.05, 3.63) is 41.2 Å². The second-order valence-corrected chi connectivity index (χ2v) is 3.79. The standard InChI is InChI=1S/C11H15N5/c1-9-4-3-5-10(6-9)7-12-8-11-13-15-16(2)14-11/h3-6,12H,7-8H2,1-2H3. The highest BCUT2D eigenvalue weighted by molar-refractivity contribution is 5.21. The van der Waals surface area contributed by atoms with Crippen molar-refractivity contribution in [1.82, 2.24) is 25.5 Å². The van der Waals surface area contributed by atoms with E-state index in [1.807, 2.05) is 0 Å². The first-order valence-corrected chi connectivity index (χ1v) is 5.23. The van der Waals surface area contributed by atoms with Crippen molar-refractivity contribution in [2.75, 3.05) is 0 Å². The Morgan fingerprint density at radius 1 is 1.31 bits per heavy atom. The van der Waals surface area contributed by atoms with Gasteiger partial charge < -0.3 is 5.32 Å². The summed E-state index contributed by atoms with van der Waals surface area (Å²) < 4.78 is 0. The van der Waals surface area contributed by atoms with E-state index in [1.165, 1.54) is 15.9 Å². The van der Waals surface area contributed by atoms with E-state index in [0.29, 0.717) is 6.54 Å². The van der Waals surface area contributed by atoms with Gasteiger partial charge in [0.15, 0.2) is 5.82 Å². The third-order valence-electron chi connectivity index (χ3n) is 2.24. The van der Waals surface area contributed by atoms with Crippen LogP contribution in [-0.2, 0) is 20.1 Å². The monoisotopic (exact) mass is 217 g/mol. The van der Waals surface area contributed by atoms with Crippen molar-refractivity contribution in [3.8, 4) is 0 Å². The molecule has 1 heterocycles. The number of hydrogen-bond acceptors (Lipinski definition) is 4. The van der Waals surface area contributed by atoms with Crippen LogP contribution in [0.2, 0.25) is 0 Å². The smallest absolute Gasteiger partial charge is 0.188 e. The molecule has 5 nitrogen and oxygen atoms in total. The van der Waals surface area contributed by atoms with Crippen LogP contribution in [-0.4, -0.2) is 20.2 Å². The molecule has 1 aromatic heterocycles. The van der Waals surface area contributed by atoms with E-state index in [2.05, 4.69) is 51.9 Å². The van der Waals surface area contributed by atoms with Gasteiger partial charge in [-0.3, -0.25) is 0 Å². The lowest BCUT2D eigenvalue weighted by atomic mass is 10.1. The van der Waals surface area contributed by atoms with Gasteiger partial charge in [0.05, 0.1) is 13.6 Å². The zero-order valence-corrected chi connectivity index (χ0v) is 9.51. The molecule has 0 aliphatic rings. The molecule has 0 amide bonds. The number of aryl methyl sites for hydroxylation is 2. The Morgan fingerprint density at radius 2 is 2.19 bits per heavy atom. The molecule has 0 aliphatic carbocycles. The number of tetrazole rings is 1. The minimum atomic E-state index is 0.641. The maximum atomic E-state index is 4.09. The van der Waals surface area contributed by atoms with Crippen LogP contribution in [0.5, 0.6) is 0 Å². The average molecular weight is 217 g/mol. The molecule has 2 aromatic rings. The van der Waals surface area contributed by atoms with Crippen LogP contribution in [0.15, 0.2) is 24.3 Å². The molecule has 0 atom stereocenters. The first kappa shape index (κ1) is 10.8. The van der Waals surface area contributed by atoms with Crippen molar-refractivity contribution < 1.29 is 0 Å². The Labute approximate surface area is 94.5 Å². The molecule has 84 valence electrons. The fourth-order valence-corrected chi connectivity index (χ4v) is 1.53. The molecule has 0 aliphatic heterocycles. The van der Waals surface area contributed by atoms with Crippen LogP contribution in [0.4, 0.5) is 0 Å². The largest absolute Gasteiger partial charge is 0.306 e. The lowest BCUT2D eigenvalue weighted by Gasteiger charge is -2.02. The van der Waals surface area contributed by atoms with Gasteiger partial charge in [-0.2, -0.15) is 4.80 Å². The molecule has 2 rings (SSSR count). The predicted octanol–water partition coefficient (Wildman–Crippen LogP) is 0.808. The number of aromatic nitrogens is 4. The fourth-order valence-electron chi connectivity index (χ4n) is 1.53. The first-order valence-electron chi connectivity index (χ1n) is 5.23. The van der Waals surface area contributed by atoms with Gasteiger partial charge in [0.2, 0.25) is 0 Å². The molecule has 0 fully saturated rings. The molecule has 0 spiro atoms. The summed E-state index contributed by atoms with van der Waals surface area (Å²) in [6.45, 7) is 3.55. The summed E-state index contributed by atoms with van der Waals surface area (Å²) in [5.41, 5.74) is 2.54. The van der Waals surface area contributed by atoms with Gasteiger partial charge in [-0.15, -0.1) is 10.2 Å². The first-order chi connectivity index (χ1) is 7.74. The van der Waals surface area contributed by atoms with E-state index in [0.717, 1.165) is 12.4 Å². The summed E-state index contributed by atoms with van der Waals surface area (Å²) in [7, 11) is 1.76. The van der Waals surface area contributed by atoms with Crippen molar-refractivity contribution in [1.29, 1.82) is 0 Å². The summed E-state index contributed by atoms with van der Waals surface area (Å²) in [5, 5.41) is 15.0. The number of hydrogen-bond donors (Lipinski definition) is 1. The Morgan fingerprint density at radius 3 is 2.88 bits per heavy atom. The summed E-state index contributed by atoms with van der Waals surface area (Å²) in [6, 6.07) is 8.42. The van der Waals surface area contributed by atoms with Crippen LogP contribution >= 0.6 is 0 Å². The molecule has 0 bridgehead atoms. The van der Waals surface area contributed by atoms with Crippen LogP contribution < -0.4 is 5.32 Å².